The molecule has 1 unspecified atom stereocenters. The monoisotopic (exact) mass is 370 g/mol. The minimum Gasteiger partial charge on any atom is -0.330 e. The summed E-state index contributed by atoms with van der Waals surface area (Å²) < 4.78 is 0.0713. The van der Waals surface area contributed by atoms with Crippen LogP contribution in [-0.4, -0.2) is 33.0 Å². The number of benzene rings is 1. The van der Waals surface area contributed by atoms with E-state index >= 15 is 0 Å². The molecule has 4 heteroatoms. The molecule has 0 bridgehead atoms. The van der Waals surface area contributed by atoms with Crippen LogP contribution in [0.15, 0.2) is 30.3 Å². The van der Waals surface area contributed by atoms with Gasteiger partial charge in [0.25, 0.3) is 5.91 Å². The van der Waals surface area contributed by atoms with E-state index in [0.717, 1.165) is 31.2 Å². The normalized spacial score (nSPS) is 23.5. The van der Waals surface area contributed by atoms with Crippen molar-refractivity contribution in [1.82, 2.24) is 4.90 Å². The lowest BCUT2D eigenvalue weighted by atomic mass is 9.82. The number of nitrogens with two attached hydrogens (primary N) is 1. The van der Waals surface area contributed by atoms with E-state index in [4.69, 9.17) is 5.73 Å². The van der Waals surface area contributed by atoms with Crippen LogP contribution < -0.4 is 5.73 Å². The zero-order chi connectivity index (χ0) is 18.6. The highest BCUT2D eigenvalue weighted by atomic mass is 32.2. The van der Waals surface area contributed by atoms with E-state index in [9.17, 15) is 4.79 Å². The van der Waals surface area contributed by atoms with Crippen LogP contribution in [0, 0.1) is 11.8 Å². The fraction of sp³-hybridized carbons (Fsp3) is 0.591. The smallest absolute Gasteiger partial charge is 0.256 e. The van der Waals surface area contributed by atoms with E-state index < -0.39 is 0 Å². The average molecular weight is 371 g/mol. The fourth-order valence-electron chi connectivity index (χ4n) is 4.31. The first-order valence-electron chi connectivity index (χ1n) is 9.77. The van der Waals surface area contributed by atoms with Gasteiger partial charge in [0, 0.05) is 12.0 Å². The molecular weight excluding hydrogens is 340 g/mol. The van der Waals surface area contributed by atoms with Gasteiger partial charge in [-0.3, -0.25) is 4.79 Å². The summed E-state index contributed by atoms with van der Waals surface area (Å²) in [6.07, 6.45) is 7.78. The first-order chi connectivity index (χ1) is 12.5. The van der Waals surface area contributed by atoms with Crippen LogP contribution in [0.3, 0.4) is 0 Å². The van der Waals surface area contributed by atoms with Crippen molar-refractivity contribution in [3.8, 4) is 11.8 Å². The molecule has 1 aliphatic carbocycles. The van der Waals surface area contributed by atoms with Crippen molar-refractivity contribution in [3.05, 3.63) is 35.9 Å². The van der Waals surface area contributed by atoms with Crippen LogP contribution in [0.2, 0.25) is 0 Å². The van der Waals surface area contributed by atoms with Gasteiger partial charge in [0.05, 0.1) is 9.62 Å². The second kappa shape index (κ2) is 8.06. The van der Waals surface area contributed by atoms with Crippen molar-refractivity contribution in [2.75, 3.05) is 6.54 Å². The Balaban J connectivity index is 1.97. The van der Waals surface area contributed by atoms with Gasteiger partial charge < -0.3 is 10.6 Å². The SMILES string of the molecule is CC1(C)SC2(CCCCC2)C(C#CCCCN)N1C(=O)c1ccccc1. The van der Waals surface area contributed by atoms with E-state index in [1.165, 1.54) is 19.3 Å². The predicted octanol–water partition coefficient (Wildman–Crippen LogP) is 4.43. The van der Waals surface area contributed by atoms with Gasteiger partial charge in [0.2, 0.25) is 0 Å². The molecule has 1 aromatic carbocycles. The molecule has 1 spiro atoms. The Morgan fingerprint density at radius 3 is 2.58 bits per heavy atom. The van der Waals surface area contributed by atoms with Gasteiger partial charge in [-0.1, -0.05) is 43.4 Å². The molecule has 3 nitrogen and oxygen atoms in total. The molecule has 2 N–H and O–H groups in total. The van der Waals surface area contributed by atoms with Gasteiger partial charge in [-0.15, -0.1) is 17.7 Å². The van der Waals surface area contributed by atoms with Crippen LogP contribution in [0.5, 0.6) is 0 Å². The van der Waals surface area contributed by atoms with E-state index in [0.29, 0.717) is 6.54 Å². The molecule has 1 saturated heterocycles. The van der Waals surface area contributed by atoms with Crippen LogP contribution in [-0.2, 0) is 0 Å². The highest BCUT2D eigenvalue weighted by molar-refractivity contribution is 8.02. The number of unbranched alkanes of at least 4 members (excludes halogenated alkanes) is 1. The molecule has 1 saturated carbocycles. The second-order valence-electron chi connectivity index (χ2n) is 7.83. The van der Waals surface area contributed by atoms with Gasteiger partial charge in [0.15, 0.2) is 0 Å². The molecule has 1 aromatic rings. The standard InChI is InChI=1S/C22H30N2OS/c1-21(2)24(20(25)18-12-6-3-7-13-18)19(14-8-4-11-17-23)22(26-21)15-9-5-10-16-22/h3,6-7,12-13,19H,4-5,9-11,15-17,23H2,1-2H3. The lowest BCUT2D eigenvalue weighted by Gasteiger charge is -2.37. The van der Waals surface area contributed by atoms with Crippen LogP contribution in [0.4, 0.5) is 0 Å². The second-order valence-corrected chi connectivity index (χ2v) is 9.85. The molecule has 0 radical (unpaired) electrons. The lowest BCUT2D eigenvalue weighted by Crippen LogP contribution is -2.50. The van der Waals surface area contributed by atoms with Gasteiger partial charge in [-0.25, -0.2) is 0 Å². The average Bonchev–Trinajstić information content (AvgIpc) is 2.85. The number of carbonyl (C=O) groups is 1. The highest BCUT2D eigenvalue weighted by Gasteiger charge is 2.57. The number of hydrogen-bond acceptors (Lipinski definition) is 3. The topological polar surface area (TPSA) is 46.3 Å². The Labute approximate surface area is 162 Å². The zero-order valence-electron chi connectivity index (χ0n) is 16.0. The van der Waals surface area contributed by atoms with Crippen LogP contribution in [0.1, 0.15) is 69.2 Å². The van der Waals surface area contributed by atoms with Gasteiger partial charge >= 0.3 is 0 Å². The van der Waals surface area contributed by atoms with E-state index in [1.54, 1.807) is 0 Å². The van der Waals surface area contributed by atoms with E-state index in [1.807, 2.05) is 42.1 Å². The fourth-order valence-corrected chi connectivity index (χ4v) is 6.36. The third-order valence-corrected chi connectivity index (χ3v) is 7.21. The number of hydrogen-bond donors (Lipinski definition) is 1. The summed E-state index contributed by atoms with van der Waals surface area (Å²) in [4.78, 5) is 15.2. The maximum Gasteiger partial charge on any atom is 0.256 e. The molecule has 1 heterocycles. The summed E-state index contributed by atoms with van der Waals surface area (Å²) in [6, 6.07) is 9.62. The maximum atomic E-state index is 13.4. The summed E-state index contributed by atoms with van der Waals surface area (Å²) >= 11 is 1.97. The quantitative estimate of drug-likeness (QED) is 0.632. The zero-order valence-corrected chi connectivity index (χ0v) is 16.8. The Hall–Kier alpha value is -1.44. The van der Waals surface area contributed by atoms with Gasteiger partial charge in [-0.2, -0.15) is 0 Å². The van der Waals surface area contributed by atoms with Crippen molar-refractivity contribution in [2.45, 2.75) is 74.5 Å². The van der Waals surface area contributed by atoms with Gasteiger partial charge in [0.1, 0.15) is 6.04 Å². The molecule has 1 atom stereocenters. The number of nitrogens with zero attached hydrogens (tertiary/aromatic N) is 1. The minimum absolute atomic E-state index is 0.0201. The van der Waals surface area contributed by atoms with Crippen LogP contribution >= 0.6 is 11.8 Å². The molecular formula is C22H30N2OS. The maximum absolute atomic E-state index is 13.4. The summed E-state index contributed by atoms with van der Waals surface area (Å²) in [5, 5.41) is 0. The Bertz CT molecular complexity index is 683. The van der Waals surface area contributed by atoms with E-state index in [-0.39, 0.29) is 21.6 Å². The first-order valence-corrected chi connectivity index (χ1v) is 10.6. The lowest BCUT2D eigenvalue weighted by molar-refractivity contribution is 0.0616. The molecule has 2 fully saturated rings. The number of thioether (sulfide) groups is 1. The summed E-state index contributed by atoms with van der Waals surface area (Å²) in [6.45, 7) is 5.02. The number of carbonyl (C=O) groups excluding carboxylic acids is 1. The molecule has 140 valence electrons. The molecule has 1 amide bonds. The van der Waals surface area contributed by atoms with Crippen molar-refractivity contribution >= 4 is 17.7 Å². The highest BCUT2D eigenvalue weighted by Crippen LogP contribution is 2.57. The Morgan fingerprint density at radius 2 is 1.92 bits per heavy atom. The molecule has 3 rings (SSSR count). The summed E-state index contributed by atoms with van der Waals surface area (Å²) in [5.41, 5.74) is 6.37. The third-order valence-electron chi connectivity index (χ3n) is 5.47. The Morgan fingerprint density at radius 1 is 1.23 bits per heavy atom. The van der Waals surface area contributed by atoms with Crippen molar-refractivity contribution in [2.24, 2.45) is 5.73 Å². The molecule has 26 heavy (non-hydrogen) atoms. The number of amides is 1. The summed E-state index contributed by atoms with van der Waals surface area (Å²) in [7, 11) is 0. The molecule has 0 aromatic heterocycles. The molecule has 1 aliphatic heterocycles. The van der Waals surface area contributed by atoms with Crippen molar-refractivity contribution in [1.29, 1.82) is 0 Å². The Kier molecular flexibility index (Phi) is 5.99. The first kappa shape index (κ1) is 19.3. The number of rotatable bonds is 3. The van der Waals surface area contributed by atoms with Crippen LogP contribution in [0.25, 0.3) is 0 Å². The predicted molar refractivity (Wildman–Crippen MR) is 110 cm³/mol. The van der Waals surface area contributed by atoms with Gasteiger partial charge in [-0.05, 0) is 51.8 Å². The largest absolute Gasteiger partial charge is 0.330 e. The molecule has 2 aliphatic rings. The third kappa shape index (κ3) is 3.80. The van der Waals surface area contributed by atoms with E-state index in [2.05, 4.69) is 30.6 Å². The van der Waals surface area contributed by atoms with Crippen molar-refractivity contribution < 1.29 is 4.79 Å². The van der Waals surface area contributed by atoms with Crippen molar-refractivity contribution in [3.63, 3.8) is 0 Å². The summed E-state index contributed by atoms with van der Waals surface area (Å²) in [5.74, 6) is 6.95. The minimum atomic E-state index is -0.253.